The highest BCUT2D eigenvalue weighted by atomic mass is 16.5. The summed E-state index contributed by atoms with van der Waals surface area (Å²) in [6, 6.07) is 11.4. The van der Waals surface area contributed by atoms with Gasteiger partial charge in [0.2, 0.25) is 5.91 Å². The van der Waals surface area contributed by atoms with Crippen LogP contribution >= 0.6 is 0 Å². The van der Waals surface area contributed by atoms with Crippen molar-refractivity contribution in [3.8, 4) is 5.75 Å². The van der Waals surface area contributed by atoms with E-state index in [4.69, 9.17) is 4.74 Å². The third-order valence-electron chi connectivity index (χ3n) is 5.89. The standard InChI is InChI=1S/C26H36N2O3/c1-8-20(5)27-26(30)22(7)28(15-23-12-10-9-11-18(23)3)25(29)16-31-24-14-17(2)13-19(4)21(24)6/h9-14,20,22H,8,15-16H2,1-7H3,(H,27,30)/t20-,22-/m1/s1. The van der Waals surface area contributed by atoms with Gasteiger partial charge < -0.3 is 15.0 Å². The molecule has 0 aliphatic rings. The molecular formula is C26H36N2O3. The number of nitrogens with one attached hydrogen (secondary N) is 1. The molecule has 2 atom stereocenters. The largest absolute Gasteiger partial charge is 0.483 e. The van der Waals surface area contributed by atoms with Gasteiger partial charge in [0.05, 0.1) is 0 Å². The molecule has 0 fully saturated rings. The SMILES string of the molecule is CC[C@@H](C)NC(=O)[C@@H](C)N(Cc1ccccc1C)C(=O)COc1cc(C)cc(C)c1C. The van der Waals surface area contributed by atoms with E-state index in [0.717, 1.165) is 34.2 Å². The summed E-state index contributed by atoms with van der Waals surface area (Å²) in [6.07, 6.45) is 0.833. The van der Waals surface area contributed by atoms with E-state index in [1.165, 1.54) is 0 Å². The van der Waals surface area contributed by atoms with Gasteiger partial charge in [0, 0.05) is 12.6 Å². The molecule has 5 nitrogen and oxygen atoms in total. The van der Waals surface area contributed by atoms with Crippen molar-refractivity contribution < 1.29 is 14.3 Å². The van der Waals surface area contributed by atoms with Crippen molar-refractivity contribution in [3.63, 3.8) is 0 Å². The van der Waals surface area contributed by atoms with Crippen LogP contribution in [0.5, 0.6) is 5.75 Å². The average Bonchev–Trinajstić information content (AvgIpc) is 2.73. The maximum Gasteiger partial charge on any atom is 0.261 e. The Kier molecular flexibility index (Phi) is 8.66. The first-order valence-electron chi connectivity index (χ1n) is 11.0. The molecule has 0 saturated heterocycles. The Morgan fingerprint density at radius 2 is 1.71 bits per heavy atom. The highest BCUT2D eigenvalue weighted by Crippen LogP contribution is 2.23. The van der Waals surface area contributed by atoms with Crippen LogP contribution in [0.25, 0.3) is 0 Å². The number of hydrogen-bond donors (Lipinski definition) is 1. The van der Waals surface area contributed by atoms with Crippen molar-refractivity contribution in [2.24, 2.45) is 0 Å². The van der Waals surface area contributed by atoms with Crippen LogP contribution in [0.4, 0.5) is 0 Å². The fraction of sp³-hybridized carbons (Fsp3) is 0.462. The van der Waals surface area contributed by atoms with E-state index in [1.54, 1.807) is 11.8 Å². The van der Waals surface area contributed by atoms with E-state index in [2.05, 4.69) is 11.4 Å². The molecule has 0 bridgehead atoms. The van der Waals surface area contributed by atoms with Crippen LogP contribution in [-0.4, -0.2) is 35.4 Å². The van der Waals surface area contributed by atoms with Crippen molar-refractivity contribution in [2.75, 3.05) is 6.61 Å². The van der Waals surface area contributed by atoms with Gasteiger partial charge in [-0.05, 0) is 81.8 Å². The molecule has 0 aliphatic heterocycles. The zero-order valence-corrected chi connectivity index (χ0v) is 19.9. The summed E-state index contributed by atoms with van der Waals surface area (Å²) in [5, 5.41) is 2.99. The number of aryl methyl sites for hydroxylation is 3. The molecule has 1 N–H and O–H groups in total. The zero-order valence-electron chi connectivity index (χ0n) is 19.9. The number of nitrogens with zero attached hydrogens (tertiary/aromatic N) is 1. The van der Waals surface area contributed by atoms with Crippen LogP contribution < -0.4 is 10.1 Å². The fourth-order valence-electron chi connectivity index (χ4n) is 3.39. The lowest BCUT2D eigenvalue weighted by molar-refractivity contribution is -0.142. The molecule has 31 heavy (non-hydrogen) atoms. The molecule has 0 aromatic heterocycles. The van der Waals surface area contributed by atoms with Crippen LogP contribution in [0.1, 0.15) is 55.0 Å². The molecule has 0 radical (unpaired) electrons. The van der Waals surface area contributed by atoms with E-state index in [9.17, 15) is 9.59 Å². The number of rotatable bonds is 9. The second-order valence-corrected chi connectivity index (χ2v) is 8.44. The Labute approximate surface area is 186 Å². The maximum absolute atomic E-state index is 13.2. The normalized spacial score (nSPS) is 12.7. The summed E-state index contributed by atoms with van der Waals surface area (Å²) >= 11 is 0. The molecule has 2 rings (SSSR count). The number of ether oxygens (including phenoxy) is 1. The van der Waals surface area contributed by atoms with E-state index >= 15 is 0 Å². The Morgan fingerprint density at radius 3 is 2.35 bits per heavy atom. The van der Waals surface area contributed by atoms with Crippen LogP contribution in [0.15, 0.2) is 36.4 Å². The Morgan fingerprint density at radius 1 is 1.03 bits per heavy atom. The summed E-state index contributed by atoms with van der Waals surface area (Å²) in [6.45, 7) is 14.0. The minimum absolute atomic E-state index is 0.0551. The van der Waals surface area contributed by atoms with Crippen LogP contribution in [0, 0.1) is 27.7 Å². The summed E-state index contributed by atoms with van der Waals surface area (Å²) in [5.41, 5.74) is 5.33. The van der Waals surface area contributed by atoms with Crippen molar-refractivity contribution in [2.45, 2.75) is 73.5 Å². The van der Waals surface area contributed by atoms with Gasteiger partial charge in [-0.1, -0.05) is 37.3 Å². The van der Waals surface area contributed by atoms with E-state index in [1.807, 2.05) is 71.9 Å². The van der Waals surface area contributed by atoms with Gasteiger partial charge in [0.15, 0.2) is 6.61 Å². The molecule has 0 aliphatic carbocycles. The van der Waals surface area contributed by atoms with Crippen molar-refractivity contribution in [1.29, 1.82) is 0 Å². The number of carbonyl (C=O) groups excluding carboxylic acids is 2. The first-order chi connectivity index (χ1) is 14.6. The lowest BCUT2D eigenvalue weighted by atomic mass is 10.1. The molecule has 168 valence electrons. The monoisotopic (exact) mass is 424 g/mol. The minimum Gasteiger partial charge on any atom is -0.483 e. The second kappa shape index (κ2) is 11.0. The number of benzene rings is 2. The Balaban J connectivity index is 2.23. The first-order valence-corrected chi connectivity index (χ1v) is 11.0. The third-order valence-corrected chi connectivity index (χ3v) is 5.89. The van der Waals surface area contributed by atoms with Gasteiger partial charge in [0.1, 0.15) is 11.8 Å². The summed E-state index contributed by atoms with van der Waals surface area (Å²) < 4.78 is 5.92. The van der Waals surface area contributed by atoms with Crippen molar-refractivity contribution in [3.05, 3.63) is 64.2 Å². The van der Waals surface area contributed by atoms with Gasteiger partial charge in [-0.25, -0.2) is 0 Å². The zero-order chi connectivity index (χ0) is 23.1. The lowest BCUT2D eigenvalue weighted by Gasteiger charge is -2.30. The van der Waals surface area contributed by atoms with Gasteiger partial charge in [0.25, 0.3) is 5.91 Å². The minimum atomic E-state index is -0.606. The molecule has 0 spiro atoms. The summed E-state index contributed by atoms with van der Waals surface area (Å²) in [7, 11) is 0. The predicted octanol–water partition coefficient (Wildman–Crippen LogP) is 4.63. The Bertz CT molecular complexity index is 923. The number of amides is 2. The average molecular weight is 425 g/mol. The van der Waals surface area contributed by atoms with Crippen LogP contribution in [-0.2, 0) is 16.1 Å². The molecule has 0 heterocycles. The fourth-order valence-corrected chi connectivity index (χ4v) is 3.39. The first kappa shape index (κ1) is 24.4. The van der Waals surface area contributed by atoms with Crippen LogP contribution in [0.3, 0.4) is 0 Å². The maximum atomic E-state index is 13.2. The molecule has 5 heteroatoms. The van der Waals surface area contributed by atoms with E-state index < -0.39 is 6.04 Å². The highest BCUT2D eigenvalue weighted by Gasteiger charge is 2.27. The van der Waals surface area contributed by atoms with Crippen molar-refractivity contribution >= 4 is 11.8 Å². The van der Waals surface area contributed by atoms with E-state index in [-0.39, 0.29) is 24.5 Å². The Hall–Kier alpha value is -2.82. The van der Waals surface area contributed by atoms with Gasteiger partial charge >= 0.3 is 0 Å². The topological polar surface area (TPSA) is 58.6 Å². The smallest absolute Gasteiger partial charge is 0.261 e. The lowest BCUT2D eigenvalue weighted by Crippen LogP contribution is -2.50. The number of hydrogen-bond acceptors (Lipinski definition) is 3. The number of carbonyl (C=O) groups is 2. The van der Waals surface area contributed by atoms with Gasteiger partial charge in [-0.2, -0.15) is 0 Å². The molecule has 2 amide bonds. The molecule has 2 aromatic rings. The molecule has 2 aromatic carbocycles. The molecular weight excluding hydrogens is 388 g/mol. The van der Waals surface area contributed by atoms with Gasteiger partial charge in [-0.15, -0.1) is 0 Å². The van der Waals surface area contributed by atoms with Crippen molar-refractivity contribution in [1.82, 2.24) is 10.2 Å². The predicted molar refractivity (Wildman–Crippen MR) is 125 cm³/mol. The van der Waals surface area contributed by atoms with E-state index in [0.29, 0.717) is 12.3 Å². The molecule has 0 unspecified atom stereocenters. The van der Waals surface area contributed by atoms with Gasteiger partial charge in [-0.3, -0.25) is 9.59 Å². The second-order valence-electron chi connectivity index (χ2n) is 8.44. The quantitative estimate of drug-likeness (QED) is 0.638. The molecule has 0 saturated carbocycles. The third kappa shape index (κ3) is 6.58. The summed E-state index contributed by atoms with van der Waals surface area (Å²) in [4.78, 5) is 27.6. The highest BCUT2D eigenvalue weighted by molar-refractivity contribution is 5.88. The summed E-state index contributed by atoms with van der Waals surface area (Å²) in [5.74, 6) is 0.339. The van der Waals surface area contributed by atoms with Crippen LogP contribution in [0.2, 0.25) is 0 Å².